The molecule has 3 aliphatic carbocycles. The molecule has 0 radical (unpaired) electrons. The zero-order valence-corrected chi connectivity index (χ0v) is 21.7. The van der Waals surface area contributed by atoms with Gasteiger partial charge in [0.1, 0.15) is 0 Å². The maximum Gasteiger partial charge on any atom is 0.223 e. The first-order chi connectivity index (χ1) is 16.8. The Hall–Kier alpha value is -2.87. The third kappa shape index (κ3) is 4.68. The summed E-state index contributed by atoms with van der Waals surface area (Å²) >= 11 is 0. The molecule has 2 nitrogen and oxygen atoms in total. The van der Waals surface area contributed by atoms with E-state index in [1.165, 1.54) is 34.2 Å². The van der Waals surface area contributed by atoms with Crippen molar-refractivity contribution in [2.45, 2.75) is 66.0 Å². The Morgan fingerprint density at radius 1 is 0.886 bits per heavy atom. The Balaban J connectivity index is 1.36. The van der Waals surface area contributed by atoms with Gasteiger partial charge in [0, 0.05) is 19.0 Å². The molecule has 0 spiro atoms. The average Bonchev–Trinajstić information content (AvgIpc) is 2.87. The van der Waals surface area contributed by atoms with Crippen LogP contribution in [0.15, 0.2) is 78.9 Å². The van der Waals surface area contributed by atoms with Gasteiger partial charge in [-0.15, -0.1) is 0 Å². The van der Waals surface area contributed by atoms with Crippen molar-refractivity contribution in [3.63, 3.8) is 0 Å². The molecule has 6 rings (SSSR count). The normalized spacial score (nSPS) is 24.5. The predicted molar refractivity (Wildman–Crippen MR) is 145 cm³/mol. The summed E-state index contributed by atoms with van der Waals surface area (Å²) in [4.78, 5) is 15.9. The molecule has 3 aliphatic rings. The summed E-state index contributed by atoms with van der Waals surface area (Å²) in [6.07, 6.45) is 3.86. The first-order valence-electron chi connectivity index (χ1n) is 13.3. The summed E-state index contributed by atoms with van der Waals surface area (Å²) in [6.45, 7) is 10.1. The van der Waals surface area contributed by atoms with Gasteiger partial charge in [-0.05, 0) is 77.2 Å². The second-order valence-corrected chi connectivity index (χ2v) is 11.5. The fraction of sp³-hybridized carbons (Fsp3) is 0.424. The van der Waals surface area contributed by atoms with Gasteiger partial charge in [0.2, 0.25) is 5.91 Å². The number of nitrogens with zero attached hydrogens (tertiary/aromatic N) is 1. The minimum atomic E-state index is 0.299. The van der Waals surface area contributed by atoms with Gasteiger partial charge in [0.25, 0.3) is 0 Å². The molecule has 0 aliphatic heterocycles. The second kappa shape index (κ2) is 9.64. The fourth-order valence-electron chi connectivity index (χ4n) is 6.85. The maximum absolute atomic E-state index is 13.7. The molecule has 2 bridgehead atoms. The Bertz CT molecular complexity index is 1160. The smallest absolute Gasteiger partial charge is 0.223 e. The number of aryl methyl sites for hydroxylation is 2. The Morgan fingerprint density at radius 2 is 1.57 bits per heavy atom. The van der Waals surface area contributed by atoms with Crippen LogP contribution in [-0.2, 0) is 17.8 Å². The molecule has 4 atom stereocenters. The van der Waals surface area contributed by atoms with Crippen LogP contribution < -0.4 is 0 Å². The van der Waals surface area contributed by atoms with E-state index < -0.39 is 0 Å². The van der Waals surface area contributed by atoms with Gasteiger partial charge in [0.15, 0.2) is 0 Å². The van der Waals surface area contributed by atoms with Crippen LogP contribution in [0.1, 0.15) is 56.7 Å². The lowest BCUT2D eigenvalue weighted by Gasteiger charge is -2.63. The third-order valence-electron chi connectivity index (χ3n) is 9.27. The largest absolute Gasteiger partial charge is 0.335 e. The lowest BCUT2D eigenvalue weighted by Crippen LogP contribution is -2.61. The zero-order chi connectivity index (χ0) is 24.6. The number of fused-ring (bicyclic) bond motifs is 2. The van der Waals surface area contributed by atoms with E-state index in [0.717, 1.165) is 24.7 Å². The van der Waals surface area contributed by atoms with Gasteiger partial charge in [-0.1, -0.05) is 99.6 Å². The average molecular weight is 466 g/mol. The van der Waals surface area contributed by atoms with Gasteiger partial charge in [-0.2, -0.15) is 0 Å². The summed E-state index contributed by atoms with van der Waals surface area (Å²) < 4.78 is 0. The number of hydrogen-bond donors (Lipinski definition) is 0. The highest BCUT2D eigenvalue weighted by atomic mass is 16.2. The highest BCUT2D eigenvalue weighted by Gasteiger charge is 2.57. The summed E-state index contributed by atoms with van der Waals surface area (Å²) in [5.74, 6) is 2.30. The van der Waals surface area contributed by atoms with E-state index in [2.05, 4.69) is 105 Å². The molecule has 2 heteroatoms. The molecule has 0 aromatic heterocycles. The molecule has 1 amide bonds. The van der Waals surface area contributed by atoms with Crippen molar-refractivity contribution < 1.29 is 4.79 Å². The Labute approximate surface area is 211 Å². The number of rotatable bonds is 7. The first-order valence-corrected chi connectivity index (χ1v) is 13.3. The van der Waals surface area contributed by atoms with Crippen molar-refractivity contribution in [2.24, 2.45) is 23.2 Å². The molecule has 3 saturated carbocycles. The minimum absolute atomic E-state index is 0.299. The van der Waals surface area contributed by atoms with Crippen molar-refractivity contribution in [3.05, 3.63) is 95.6 Å². The topological polar surface area (TPSA) is 20.3 Å². The quantitative estimate of drug-likeness (QED) is 0.350. The Morgan fingerprint density at radius 3 is 2.23 bits per heavy atom. The fourth-order valence-corrected chi connectivity index (χ4v) is 6.85. The van der Waals surface area contributed by atoms with Crippen LogP contribution in [0, 0.1) is 30.1 Å². The second-order valence-electron chi connectivity index (χ2n) is 11.5. The van der Waals surface area contributed by atoms with Crippen LogP contribution in [0.3, 0.4) is 0 Å². The summed E-state index contributed by atoms with van der Waals surface area (Å²) in [6, 6.07) is 28.2. The van der Waals surface area contributed by atoms with E-state index in [1.54, 1.807) is 0 Å². The molecule has 182 valence electrons. The van der Waals surface area contributed by atoms with Crippen molar-refractivity contribution in [1.29, 1.82) is 0 Å². The number of benzene rings is 3. The van der Waals surface area contributed by atoms with Crippen LogP contribution in [0.2, 0.25) is 0 Å². The summed E-state index contributed by atoms with van der Waals surface area (Å²) in [7, 11) is 0. The number of hydrogen-bond acceptors (Lipinski definition) is 1. The number of carbonyl (C=O) groups excluding carboxylic acids is 1. The van der Waals surface area contributed by atoms with E-state index in [9.17, 15) is 4.79 Å². The van der Waals surface area contributed by atoms with Crippen LogP contribution in [0.4, 0.5) is 0 Å². The van der Waals surface area contributed by atoms with Crippen LogP contribution >= 0.6 is 0 Å². The van der Waals surface area contributed by atoms with Gasteiger partial charge >= 0.3 is 0 Å². The predicted octanol–water partition coefficient (Wildman–Crippen LogP) is 7.69. The van der Waals surface area contributed by atoms with Gasteiger partial charge in [-0.3, -0.25) is 4.79 Å². The molecule has 0 saturated heterocycles. The number of carbonyl (C=O) groups is 1. The molecule has 3 fully saturated rings. The lowest BCUT2D eigenvalue weighted by molar-refractivity contribution is -0.159. The van der Waals surface area contributed by atoms with E-state index in [0.29, 0.717) is 36.2 Å². The standard InChI is InChI=1S/C33H39NO/c1-23-10-8-9-13-29(23)27-17-14-26(15-18-27)22-34(32(35)19-16-25-11-6-5-7-12-25)31-21-28-20-30(24(31)2)33(28,3)4/h5-15,17-18,24,28,30-31H,16,19-22H2,1-4H3/t24-,28+,30-,31-/m0/s1. The monoisotopic (exact) mass is 465 g/mol. The molecule has 0 heterocycles. The van der Waals surface area contributed by atoms with Gasteiger partial charge < -0.3 is 4.90 Å². The molecule has 3 aromatic carbocycles. The first kappa shape index (κ1) is 23.9. The van der Waals surface area contributed by atoms with Crippen LogP contribution in [-0.4, -0.2) is 16.8 Å². The zero-order valence-electron chi connectivity index (χ0n) is 21.7. The highest BCUT2D eigenvalue weighted by molar-refractivity contribution is 5.77. The summed E-state index contributed by atoms with van der Waals surface area (Å²) in [5, 5.41) is 0. The Kier molecular flexibility index (Phi) is 6.57. The van der Waals surface area contributed by atoms with Crippen molar-refractivity contribution in [1.82, 2.24) is 4.90 Å². The lowest BCUT2D eigenvalue weighted by atomic mass is 9.44. The van der Waals surface area contributed by atoms with Crippen molar-refractivity contribution in [3.8, 4) is 11.1 Å². The third-order valence-corrected chi connectivity index (χ3v) is 9.27. The molecule has 0 N–H and O–H groups in total. The SMILES string of the molecule is Cc1ccccc1-c1ccc(CN(C(=O)CCc2ccccc2)[C@H]2C[C@H]3C[C@@H]([C@@H]2C)C3(C)C)cc1. The highest BCUT2D eigenvalue weighted by Crippen LogP contribution is 2.62. The van der Waals surface area contributed by atoms with Crippen LogP contribution in [0.25, 0.3) is 11.1 Å². The van der Waals surface area contributed by atoms with Crippen molar-refractivity contribution in [2.75, 3.05) is 0 Å². The molecule has 35 heavy (non-hydrogen) atoms. The molecule has 3 aromatic rings. The molecule has 0 unspecified atom stereocenters. The number of amides is 1. The van der Waals surface area contributed by atoms with E-state index in [4.69, 9.17) is 0 Å². The molecular formula is C33H39NO. The minimum Gasteiger partial charge on any atom is -0.335 e. The summed E-state index contributed by atoms with van der Waals surface area (Å²) in [5.41, 5.74) is 6.69. The van der Waals surface area contributed by atoms with Gasteiger partial charge in [-0.25, -0.2) is 0 Å². The van der Waals surface area contributed by atoms with Crippen molar-refractivity contribution >= 4 is 5.91 Å². The maximum atomic E-state index is 13.7. The molecular weight excluding hydrogens is 426 g/mol. The van der Waals surface area contributed by atoms with E-state index in [-0.39, 0.29) is 0 Å². The van der Waals surface area contributed by atoms with Gasteiger partial charge in [0.05, 0.1) is 0 Å². The van der Waals surface area contributed by atoms with E-state index in [1.807, 2.05) is 6.07 Å². The van der Waals surface area contributed by atoms with E-state index >= 15 is 0 Å². The van der Waals surface area contributed by atoms with Crippen LogP contribution in [0.5, 0.6) is 0 Å².